The summed E-state index contributed by atoms with van der Waals surface area (Å²) in [5, 5.41) is 0.502. The van der Waals surface area contributed by atoms with E-state index in [0.717, 1.165) is 42.1 Å². The highest BCUT2D eigenvalue weighted by Crippen LogP contribution is 2.35. The highest BCUT2D eigenvalue weighted by atomic mass is 32.2. The monoisotopic (exact) mass is 493 g/mol. The molecule has 3 heterocycles. The predicted octanol–water partition coefficient (Wildman–Crippen LogP) is 4.83. The van der Waals surface area contributed by atoms with Gasteiger partial charge in [0, 0.05) is 39.3 Å². The van der Waals surface area contributed by atoms with Gasteiger partial charge in [0.05, 0.1) is 11.8 Å². The number of nitrogens with zero attached hydrogens (tertiary/aromatic N) is 1. The number of rotatable bonds is 11. The number of carbonyl (C=O) groups excluding carboxylic acids is 2. The van der Waals surface area contributed by atoms with E-state index in [4.69, 9.17) is 9.47 Å². The Morgan fingerprint density at radius 2 is 1.94 bits per heavy atom. The van der Waals surface area contributed by atoms with E-state index in [0.29, 0.717) is 24.2 Å². The van der Waals surface area contributed by atoms with Gasteiger partial charge in [-0.15, -0.1) is 11.8 Å². The maximum atomic E-state index is 12.3. The number of ether oxygens (including phenoxy) is 2. The maximum Gasteiger partial charge on any atom is 0.231 e. The Morgan fingerprint density at radius 3 is 2.70 bits per heavy atom. The number of unbranched alkanes of at least 4 members (excludes halogenated alkanes) is 5. The Labute approximate surface area is 203 Å². The molecule has 3 aliphatic heterocycles. The molecule has 0 bridgehead atoms. The van der Waals surface area contributed by atoms with E-state index >= 15 is 0 Å². The number of fused-ring (bicyclic) bond motifs is 2. The van der Waals surface area contributed by atoms with Crippen molar-refractivity contribution in [1.29, 1.82) is 0 Å². The largest absolute Gasteiger partial charge is 0.454 e. The number of hydrogen-bond donors (Lipinski definition) is 0. The number of β-lactam (4-membered cyclic amide) rings is 1. The van der Waals surface area contributed by atoms with Crippen LogP contribution in [0.4, 0.5) is 0 Å². The molecular formula is C25H35NO5S2. The van der Waals surface area contributed by atoms with Gasteiger partial charge in [-0.25, -0.2) is 0 Å². The first kappa shape index (κ1) is 25.8. The van der Waals surface area contributed by atoms with Crippen LogP contribution < -0.4 is 9.47 Å². The Hall–Kier alpha value is -1.80. The van der Waals surface area contributed by atoms with Crippen LogP contribution in [0.3, 0.4) is 0 Å². The molecule has 1 fully saturated rings. The third-order valence-electron chi connectivity index (χ3n) is 5.95. The van der Waals surface area contributed by atoms with Crippen molar-refractivity contribution in [2.75, 3.05) is 18.3 Å². The molecule has 0 aliphatic carbocycles. The lowest BCUT2D eigenvalue weighted by Gasteiger charge is -2.40. The zero-order valence-corrected chi connectivity index (χ0v) is 21.3. The van der Waals surface area contributed by atoms with Crippen LogP contribution in [0.25, 0.3) is 0 Å². The van der Waals surface area contributed by atoms with Crippen LogP contribution in [-0.4, -0.2) is 50.2 Å². The topological polar surface area (TPSA) is 72.9 Å². The lowest BCUT2D eigenvalue weighted by atomic mass is 10.1. The standard InChI is InChI=1S/C18H28O3S.C7H7NO2S/c1-3-4-5-6-7-8-11-22(19)15(2)12-16-9-10-17-18(13-16)21-14-20-17;9-3-5-2-8-6(10)1-7(8)11-4-5/h9-10,13,15H,3-8,11-12,14H2,1-2H3;2-3,7H,1,4H2/t;7-/m.1/s1. The Balaban J connectivity index is 0.000000231. The normalized spacial score (nSPS) is 20.1. The maximum absolute atomic E-state index is 12.3. The highest BCUT2D eigenvalue weighted by molar-refractivity contribution is 8.00. The molecule has 1 aromatic rings. The zero-order chi connectivity index (χ0) is 23.6. The fraction of sp³-hybridized carbons (Fsp3) is 0.600. The Morgan fingerprint density at radius 1 is 1.18 bits per heavy atom. The van der Waals surface area contributed by atoms with Crippen LogP contribution in [0.2, 0.25) is 0 Å². The molecule has 1 aromatic carbocycles. The summed E-state index contributed by atoms with van der Waals surface area (Å²) in [6, 6.07) is 6.01. The summed E-state index contributed by atoms with van der Waals surface area (Å²) >= 11 is 1.65. The van der Waals surface area contributed by atoms with Crippen LogP contribution in [0.1, 0.15) is 64.4 Å². The van der Waals surface area contributed by atoms with E-state index in [2.05, 4.69) is 13.8 Å². The molecule has 182 valence electrons. The molecule has 0 radical (unpaired) electrons. The van der Waals surface area contributed by atoms with Crippen LogP contribution in [0, 0.1) is 0 Å². The van der Waals surface area contributed by atoms with Crippen LogP contribution in [-0.2, 0) is 26.8 Å². The smallest absolute Gasteiger partial charge is 0.231 e. The lowest BCUT2D eigenvalue weighted by molar-refractivity contribution is -0.137. The van der Waals surface area contributed by atoms with Gasteiger partial charge in [0.1, 0.15) is 6.29 Å². The fourth-order valence-corrected chi connectivity index (χ4v) is 6.28. The molecular weight excluding hydrogens is 458 g/mol. The average molecular weight is 494 g/mol. The van der Waals surface area contributed by atoms with E-state index in [9.17, 15) is 13.8 Å². The van der Waals surface area contributed by atoms with Gasteiger partial charge < -0.3 is 14.4 Å². The van der Waals surface area contributed by atoms with Crippen LogP contribution in [0.15, 0.2) is 30.0 Å². The molecule has 4 rings (SSSR count). The average Bonchev–Trinajstić information content (AvgIpc) is 3.29. The zero-order valence-electron chi connectivity index (χ0n) is 19.6. The summed E-state index contributed by atoms with van der Waals surface area (Å²) < 4.78 is 23.0. The summed E-state index contributed by atoms with van der Waals surface area (Å²) in [6.07, 6.45) is 11.4. The third-order valence-corrected chi connectivity index (χ3v) is 8.99. The molecule has 3 atom stereocenters. The van der Waals surface area contributed by atoms with Crippen LogP contribution in [0.5, 0.6) is 11.5 Å². The van der Waals surface area contributed by atoms with Gasteiger partial charge in [-0.3, -0.25) is 13.8 Å². The third kappa shape index (κ3) is 7.60. The van der Waals surface area contributed by atoms with Crippen molar-refractivity contribution >= 4 is 34.8 Å². The van der Waals surface area contributed by atoms with Gasteiger partial charge in [-0.05, 0) is 30.5 Å². The molecule has 6 nitrogen and oxygen atoms in total. The Kier molecular flexibility index (Phi) is 10.3. The molecule has 0 spiro atoms. The summed E-state index contributed by atoms with van der Waals surface area (Å²) in [4.78, 5) is 22.8. The molecule has 8 heteroatoms. The van der Waals surface area contributed by atoms with Crippen molar-refractivity contribution in [3.8, 4) is 11.5 Å². The van der Waals surface area contributed by atoms with Crippen molar-refractivity contribution < 1.29 is 23.3 Å². The van der Waals surface area contributed by atoms with E-state index in [1.165, 1.54) is 37.7 Å². The first-order chi connectivity index (χ1) is 16.0. The van der Waals surface area contributed by atoms with Gasteiger partial charge in [-0.2, -0.15) is 0 Å². The summed E-state index contributed by atoms with van der Waals surface area (Å²) in [6.45, 7) is 4.61. The first-order valence-corrected chi connectivity index (χ1v) is 14.3. The number of hydrogen-bond acceptors (Lipinski definition) is 6. The first-order valence-electron chi connectivity index (χ1n) is 11.9. The lowest BCUT2D eigenvalue weighted by Crippen LogP contribution is -2.49. The summed E-state index contributed by atoms with van der Waals surface area (Å²) in [7, 11) is -0.743. The van der Waals surface area contributed by atoms with E-state index < -0.39 is 10.8 Å². The number of thioether (sulfide) groups is 1. The second kappa shape index (κ2) is 13.2. The predicted molar refractivity (Wildman–Crippen MR) is 134 cm³/mol. The number of carbonyl (C=O) groups is 2. The van der Waals surface area contributed by atoms with Gasteiger partial charge in [-0.1, -0.05) is 52.0 Å². The molecule has 3 aliphatic rings. The molecule has 0 saturated carbocycles. The molecule has 33 heavy (non-hydrogen) atoms. The summed E-state index contributed by atoms with van der Waals surface area (Å²) in [5.74, 6) is 3.33. The van der Waals surface area contributed by atoms with E-state index in [1.54, 1.807) is 22.9 Å². The Bertz CT molecular complexity index is 872. The minimum Gasteiger partial charge on any atom is -0.454 e. The van der Waals surface area contributed by atoms with Gasteiger partial charge >= 0.3 is 0 Å². The molecule has 0 aromatic heterocycles. The van der Waals surface area contributed by atoms with Gasteiger partial charge in [0.25, 0.3) is 0 Å². The minimum atomic E-state index is -0.743. The van der Waals surface area contributed by atoms with Crippen molar-refractivity contribution in [2.24, 2.45) is 0 Å². The number of aldehydes is 1. The fourth-order valence-electron chi connectivity index (χ4n) is 3.89. The minimum absolute atomic E-state index is 0.126. The van der Waals surface area contributed by atoms with Gasteiger partial charge in [0.15, 0.2) is 11.5 Å². The highest BCUT2D eigenvalue weighted by Gasteiger charge is 2.37. The molecule has 2 unspecified atom stereocenters. The van der Waals surface area contributed by atoms with Gasteiger partial charge in [0.2, 0.25) is 12.7 Å². The summed E-state index contributed by atoms with van der Waals surface area (Å²) in [5.41, 5.74) is 1.88. The van der Waals surface area contributed by atoms with E-state index in [1.807, 2.05) is 18.2 Å². The molecule has 1 saturated heterocycles. The number of benzene rings is 1. The second-order valence-electron chi connectivity index (χ2n) is 8.65. The molecule has 0 N–H and O–H groups in total. The quantitative estimate of drug-likeness (QED) is 0.250. The van der Waals surface area contributed by atoms with Crippen molar-refractivity contribution in [3.63, 3.8) is 0 Å². The SMILES string of the molecule is CCCCCCCCS(=O)C(C)Cc1ccc2c(c1)OCO2.O=CC1=CN2C(=O)C[C@H]2SC1. The van der Waals surface area contributed by atoms with Crippen molar-refractivity contribution in [1.82, 2.24) is 4.90 Å². The van der Waals surface area contributed by atoms with Crippen molar-refractivity contribution in [2.45, 2.75) is 75.8 Å². The second-order valence-corrected chi connectivity index (χ2v) is 11.8. The van der Waals surface area contributed by atoms with Crippen molar-refractivity contribution in [3.05, 3.63) is 35.5 Å². The van der Waals surface area contributed by atoms with E-state index in [-0.39, 0.29) is 11.2 Å². The molecule has 1 amide bonds. The number of amides is 1. The van der Waals surface area contributed by atoms with Crippen LogP contribution >= 0.6 is 11.8 Å².